The van der Waals surface area contributed by atoms with Crippen molar-refractivity contribution in [3.05, 3.63) is 29.6 Å². The van der Waals surface area contributed by atoms with Gasteiger partial charge in [-0.15, -0.1) is 0 Å². The molecule has 28 heavy (non-hydrogen) atoms. The molecule has 0 spiro atoms. The summed E-state index contributed by atoms with van der Waals surface area (Å²) in [6.45, 7) is 2.27. The molecule has 2 saturated carbocycles. The first-order chi connectivity index (χ1) is 13.5. The first-order valence-electron chi connectivity index (χ1n) is 11.5. The standard InChI is InChI=1S/C24H36F3N/c1-2-3-4-5-6-18-7-9-19(10-8-18)20-11-13-21(14-12-20)22-15-16-23(28-17-22)24(25,26)27/h15-21H,2-14H2,1H3/t18-,19-,20-,21-. The molecule has 1 aromatic rings. The van der Waals surface area contributed by atoms with Gasteiger partial charge in [0.15, 0.2) is 0 Å². The minimum Gasteiger partial charge on any atom is -0.251 e. The lowest BCUT2D eigenvalue weighted by Crippen LogP contribution is -2.25. The van der Waals surface area contributed by atoms with Gasteiger partial charge in [0.25, 0.3) is 0 Å². The maximum atomic E-state index is 12.7. The highest BCUT2D eigenvalue weighted by Crippen LogP contribution is 2.44. The number of alkyl halides is 3. The Hall–Kier alpha value is -1.06. The summed E-state index contributed by atoms with van der Waals surface area (Å²) in [6, 6.07) is 2.79. The number of halogens is 3. The molecule has 4 heteroatoms. The summed E-state index contributed by atoms with van der Waals surface area (Å²) in [5.41, 5.74) is 0.207. The molecule has 3 rings (SSSR count). The fourth-order valence-corrected chi connectivity index (χ4v) is 5.55. The molecule has 2 aliphatic rings. The molecule has 0 saturated heterocycles. The van der Waals surface area contributed by atoms with Gasteiger partial charge in [-0.05, 0) is 73.8 Å². The summed E-state index contributed by atoms with van der Waals surface area (Å²) in [4.78, 5) is 3.65. The Morgan fingerprint density at radius 3 is 2.04 bits per heavy atom. The number of unbranched alkanes of at least 4 members (excludes halogenated alkanes) is 3. The van der Waals surface area contributed by atoms with E-state index in [0.29, 0.717) is 5.92 Å². The molecule has 0 atom stereocenters. The molecule has 0 radical (unpaired) electrons. The van der Waals surface area contributed by atoms with Crippen molar-refractivity contribution in [2.24, 2.45) is 17.8 Å². The van der Waals surface area contributed by atoms with Gasteiger partial charge < -0.3 is 0 Å². The quantitative estimate of drug-likeness (QED) is 0.424. The van der Waals surface area contributed by atoms with Crippen LogP contribution in [0, 0.1) is 17.8 Å². The van der Waals surface area contributed by atoms with Crippen LogP contribution in [-0.4, -0.2) is 4.98 Å². The molecule has 0 bridgehead atoms. The highest BCUT2D eigenvalue weighted by atomic mass is 19.4. The van der Waals surface area contributed by atoms with E-state index in [1.54, 1.807) is 6.07 Å². The third-order valence-electron chi connectivity index (χ3n) is 7.34. The lowest BCUT2D eigenvalue weighted by molar-refractivity contribution is -0.141. The third-order valence-corrected chi connectivity index (χ3v) is 7.34. The highest BCUT2D eigenvalue weighted by molar-refractivity contribution is 5.20. The second-order valence-corrected chi connectivity index (χ2v) is 9.22. The molecule has 2 fully saturated rings. The van der Waals surface area contributed by atoms with Crippen LogP contribution in [0.3, 0.4) is 0 Å². The fraction of sp³-hybridized carbons (Fsp3) is 0.792. The largest absolute Gasteiger partial charge is 0.433 e. The van der Waals surface area contributed by atoms with E-state index < -0.39 is 11.9 Å². The SMILES string of the molecule is CCCCCC[C@H]1CC[C@H]([C@H]2CC[C@H](c3ccc(C(F)(F)F)nc3)CC2)CC1. The fourth-order valence-electron chi connectivity index (χ4n) is 5.55. The normalized spacial score (nSPS) is 29.0. The van der Waals surface area contributed by atoms with Crippen LogP contribution >= 0.6 is 0 Å². The predicted molar refractivity (Wildman–Crippen MR) is 108 cm³/mol. The zero-order valence-electron chi connectivity index (χ0n) is 17.3. The maximum absolute atomic E-state index is 12.7. The van der Waals surface area contributed by atoms with Gasteiger partial charge in [0.1, 0.15) is 5.69 Å². The molecule has 0 aromatic carbocycles. The molecular weight excluding hydrogens is 359 g/mol. The zero-order valence-corrected chi connectivity index (χ0v) is 17.3. The van der Waals surface area contributed by atoms with Gasteiger partial charge in [-0.3, -0.25) is 4.98 Å². The van der Waals surface area contributed by atoms with Crippen molar-refractivity contribution in [2.45, 2.75) is 102 Å². The number of pyridine rings is 1. The minimum atomic E-state index is -4.34. The molecule has 2 aliphatic carbocycles. The molecule has 1 aromatic heterocycles. The van der Waals surface area contributed by atoms with Crippen LogP contribution < -0.4 is 0 Å². The number of aromatic nitrogens is 1. The van der Waals surface area contributed by atoms with E-state index in [2.05, 4.69) is 11.9 Å². The van der Waals surface area contributed by atoms with E-state index in [0.717, 1.165) is 42.2 Å². The second kappa shape index (κ2) is 10.1. The van der Waals surface area contributed by atoms with E-state index in [4.69, 9.17) is 0 Å². The monoisotopic (exact) mass is 395 g/mol. The van der Waals surface area contributed by atoms with Gasteiger partial charge in [0.05, 0.1) is 0 Å². The molecule has 1 heterocycles. The van der Waals surface area contributed by atoms with E-state index in [9.17, 15) is 13.2 Å². The van der Waals surface area contributed by atoms with Gasteiger partial charge in [0.2, 0.25) is 0 Å². The highest BCUT2D eigenvalue weighted by Gasteiger charge is 2.34. The molecule has 0 aliphatic heterocycles. The summed E-state index contributed by atoms with van der Waals surface area (Å²) in [5.74, 6) is 3.07. The maximum Gasteiger partial charge on any atom is 0.433 e. The summed E-state index contributed by atoms with van der Waals surface area (Å²) >= 11 is 0. The number of rotatable bonds is 7. The van der Waals surface area contributed by atoms with Crippen molar-refractivity contribution in [3.63, 3.8) is 0 Å². The van der Waals surface area contributed by atoms with Gasteiger partial charge >= 0.3 is 6.18 Å². The summed E-state index contributed by atoms with van der Waals surface area (Å²) in [5, 5.41) is 0. The second-order valence-electron chi connectivity index (χ2n) is 9.22. The van der Waals surface area contributed by atoms with Crippen LogP contribution in [0.2, 0.25) is 0 Å². The van der Waals surface area contributed by atoms with Gasteiger partial charge in [-0.1, -0.05) is 57.9 Å². The van der Waals surface area contributed by atoms with E-state index in [-0.39, 0.29) is 0 Å². The summed E-state index contributed by atoms with van der Waals surface area (Å²) < 4.78 is 38.1. The molecule has 0 N–H and O–H groups in total. The van der Waals surface area contributed by atoms with Gasteiger partial charge in [0, 0.05) is 6.20 Å². The van der Waals surface area contributed by atoms with Crippen LogP contribution in [0.25, 0.3) is 0 Å². The topological polar surface area (TPSA) is 12.9 Å². The van der Waals surface area contributed by atoms with Crippen LogP contribution in [0.1, 0.15) is 108 Å². The van der Waals surface area contributed by atoms with Crippen molar-refractivity contribution in [3.8, 4) is 0 Å². The predicted octanol–water partition coefficient (Wildman–Crippen LogP) is 8.15. The van der Waals surface area contributed by atoms with Gasteiger partial charge in [-0.25, -0.2) is 0 Å². The lowest BCUT2D eigenvalue weighted by atomic mass is 9.68. The average Bonchev–Trinajstić information content (AvgIpc) is 2.71. The third kappa shape index (κ3) is 5.97. The van der Waals surface area contributed by atoms with Crippen molar-refractivity contribution < 1.29 is 13.2 Å². The van der Waals surface area contributed by atoms with E-state index >= 15 is 0 Å². The van der Waals surface area contributed by atoms with Crippen molar-refractivity contribution >= 4 is 0 Å². The van der Waals surface area contributed by atoms with Gasteiger partial charge in [-0.2, -0.15) is 13.2 Å². The Labute approximate surface area is 168 Å². The van der Waals surface area contributed by atoms with Crippen molar-refractivity contribution in [2.75, 3.05) is 0 Å². The lowest BCUT2D eigenvalue weighted by Gasteiger charge is -2.38. The Morgan fingerprint density at radius 1 is 0.857 bits per heavy atom. The molecule has 0 amide bonds. The van der Waals surface area contributed by atoms with E-state index in [1.807, 2.05) is 0 Å². The Morgan fingerprint density at radius 2 is 1.50 bits per heavy atom. The van der Waals surface area contributed by atoms with Crippen LogP contribution in [-0.2, 0) is 6.18 Å². The molecular formula is C24H36F3N. The van der Waals surface area contributed by atoms with Crippen molar-refractivity contribution in [1.82, 2.24) is 4.98 Å². The van der Waals surface area contributed by atoms with Crippen molar-refractivity contribution in [1.29, 1.82) is 0 Å². The van der Waals surface area contributed by atoms with Crippen LogP contribution in [0.5, 0.6) is 0 Å². The van der Waals surface area contributed by atoms with Crippen LogP contribution in [0.4, 0.5) is 13.2 Å². The summed E-state index contributed by atoms with van der Waals surface area (Å²) in [7, 11) is 0. The minimum absolute atomic E-state index is 0.390. The number of hydrogen-bond acceptors (Lipinski definition) is 1. The molecule has 158 valence electrons. The zero-order chi connectivity index (χ0) is 20.0. The Balaban J connectivity index is 1.40. The summed E-state index contributed by atoms with van der Waals surface area (Å²) in [6.07, 6.45) is 14.4. The Bertz CT molecular complexity index is 565. The number of nitrogens with zero attached hydrogens (tertiary/aromatic N) is 1. The van der Waals surface area contributed by atoms with Crippen LogP contribution in [0.15, 0.2) is 18.3 Å². The molecule has 1 nitrogen and oxygen atoms in total. The molecule has 0 unspecified atom stereocenters. The number of hydrogen-bond donors (Lipinski definition) is 0. The van der Waals surface area contributed by atoms with E-state index in [1.165, 1.54) is 76.8 Å². The first kappa shape index (κ1) is 21.6. The Kier molecular flexibility index (Phi) is 7.82. The smallest absolute Gasteiger partial charge is 0.251 e. The first-order valence-corrected chi connectivity index (χ1v) is 11.5. The average molecular weight is 396 g/mol.